The predicted molar refractivity (Wildman–Crippen MR) is 126 cm³/mol. The molecule has 3 rings (SSSR count). The molecular formula is C24H24F3N3O3S. The Bertz CT molecular complexity index is 1130. The van der Waals surface area contributed by atoms with Crippen molar-refractivity contribution in [3.63, 3.8) is 0 Å². The minimum absolute atomic E-state index is 0.0805. The average Bonchev–Trinajstić information content (AvgIpc) is 2.78. The summed E-state index contributed by atoms with van der Waals surface area (Å²) in [4.78, 5) is 27.2. The summed E-state index contributed by atoms with van der Waals surface area (Å²) in [5.41, 5.74) is 1.40. The first kappa shape index (κ1) is 25.2. The van der Waals surface area contributed by atoms with Crippen LogP contribution in [0.2, 0.25) is 0 Å². The molecule has 0 radical (unpaired) electrons. The number of carbonyl (C=O) groups excluding carboxylic acids is 2. The number of esters is 1. The van der Waals surface area contributed by atoms with Gasteiger partial charge in [0, 0.05) is 23.5 Å². The van der Waals surface area contributed by atoms with Gasteiger partial charge in [-0.2, -0.15) is 13.2 Å². The zero-order chi connectivity index (χ0) is 25.0. The predicted octanol–water partition coefficient (Wildman–Crippen LogP) is 5.05. The van der Waals surface area contributed by atoms with Gasteiger partial charge in [-0.05, 0) is 75.0 Å². The molecule has 6 nitrogen and oxygen atoms in total. The number of rotatable bonds is 6. The van der Waals surface area contributed by atoms with Gasteiger partial charge in [-0.1, -0.05) is 12.1 Å². The molecule has 1 amide bonds. The van der Waals surface area contributed by atoms with Crippen LogP contribution in [-0.2, 0) is 15.7 Å². The largest absolute Gasteiger partial charge is 0.463 e. The lowest BCUT2D eigenvalue weighted by atomic mass is 9.94. The summed E-state index contributed by atoms with van der Waals surface area (Å²) in [5.74, 6) is -1.04. The van der Waals surface area contributed by atoms with Gasteiger partial charge < -0.3 is 20.3 Å². The van der Waals surface area contributed by atoms with E-state index >= 15 is 0 Å². The van der Waals surface area contributed by atoms with Gasteiger partial charge in [-0.3, -0.25) is 4.79 Å². The molecule has 34 heavy (non-hydrogen) atoms. The number of anilines is 1. The molecule has 1 aliphatic heterocycles. The highest BCUT2D eigenvalue weighted by Gasteiger charge is 2.34. The molecule has 0 saturated heterocycles. The topological polar surface area (TPSA) is 70.7 Å². The van der Waals surface area contributed by atoms with E-state index in [0.717, 1.165) is 24.3 Å². The van der Waals surface area contributed by atoms with E-state index in [0.29, 0.717) is 34.2 Å². The van der Waals surface area contributed by atoms with E-state index in [2.05, 4.69) is 10.6 Å². The molecule has 0 bridgehead atoms. The standard InChI is InChI=1S/C24H24F3N3O3S/c1-4-30-14(3)19(22(32)33-5-2)20(29-23(30)34)16-7-6-8-18(13-16)28-21(31)15-9-11-17(12-10-15)24(25,26)27/h6-13,20H,4-5H2,1-3H3,(H,28,31)(H,29,34). The Balaban J connectivity index is 1.89. The Morgan fingerprint density at radius 3 is 2.41 bits per heavy atom. The van der Waals surface area contributed by atoms with Crippen LogP contribution in [0, 0.1) is 0 Å². The van der Waals surface area contributed by atoms with E-state index in [1.165, 1.54) is 0 Å². The van der Waals surface area contributed by atoms with Crippen LogP contribution < -0.4 is 10.6 Å². The van der Waals surface area contributed by atoms with Gasteiger partial charge in [0.15, 0.2) is 5.11 Å². The van der Waals surface area contributed by atoms with Crippen molar-refractivity contribution in [1.29, 1.82) is 0 Å². The molecular weight excluding hydrogens is 467 g/mol. The van der Waals surface area contributed by atoms with Crippen molar-refractivity contribution in [3.8, 4) is 0 Å². The number of hydrogen-bond acceptors (Lipinski definition) is 4. The number of amides is 1. The molecule has 2 N–H and O–H groups in total. The third kappa shape index (κ3) is 5.39. The highest BCUT2D eigenvalue weighted by atomic mass is 32.1. The minimum Gasteiger partial charge on any atom is -0.463 e. The van der Waals surface area contributed by atoms with Crippen LogP contribution in [-0.4, -0.2) is 35.0 Å². The van der Waals surface area contributed by atoms with Gasteiger partial charge in [-0.25, -0.2) is 4.79 Å². The minimum atomic E-state index is -4.48. The van der Waals surface area contributed by atoms with Crippen molar-refractivity contribution in [2.45, 2.75) is 33.0 Å². The van der Waals surface area contributed by atoms with E-state index in [9.17, 15) is 22.8 Å². The number of thiocarbonyl (C=S) groups is 1. The van der Waals surface area contributed by atoms with Gasteiger partial charge in [-0.15, -0.1) is 0 Å². The molecule has 180 valence electrons. The molecule has 2 aromatic carbocycles. The number of alkyl halides is 3. The van der Waals surface area contributed by atoms with Gasteiger partial charge in [0.05, 0.1) is 23.8 Å². The fourth-order valence-electron chi connectivity index (χ4n) is 3.70. The lowest BCUT2D eigenvalue weighted by molar-refractivity contribution is -0.139. The quantitative estimate of drug-likeness (QED) is 0.436. The maximum absolute atomic E-state index is 12.8. The number of carbonyl (C=O) groups is 2. The first-order valence-electron chi connectivity index (χ1n) is 10.6. The zero-order valence-corrected chi connectivity index (χ0v) is 19.6. The maximum atomic E-state index is 12.8. The Labute approximate surface area is 200 Å². The van der Waals surface area contributed by atoms with E-state index < -0.39 is 29.7 Å². The van der Waals surface area contributed by atoms with Crippen LogP contribution in [0.3, 0.4) is 0 Å². The normalized spacial score (nSPS) is 16.2. The summed E-state index contributed by atoms with van der Waals surface area (Å²) in [7, 11) is 0. The Morgan fingerprint density at radius 1 is 1.15 bits per heavy atom. The van der Waals surface area contributed by atoms with E-state index in [4.69, 9.17) is 17.0 Å². The second-order valence-electron chi connectivity index (χ2n) is 7.50. The summed E-state index contributed by atoms with van der Waals surface area (Å²) in [6, 6.07) is 10.2. The van der Waals surface area contributed by atoms with Crippen LogP contribution in [0.5, 0.6) is 0 Å². The van der Waals surface area contributed by atoms with Crippen LogP contribution in [0.4, 0.5) is 18.9 Å². The highest BCUT2D eigenvalue weighted by molar-refractivity contribution is 7.80. The summed E-state index contributed by atoms with van der Waals surface area (Å²) >= 11 is 5.47. The second-order valence-corrected chi connectivity index (χ2v) is 7.89. The Hall–Kier alpha value is -3.40. The highest BCUT2D eigenvalue weighted by Crippen LogP contribution is 2.33. The summed E-state index contributed by atoms with van der Waals surface area (Å²) < 4.78 is 43.6. The molecule has 2 aromatic rings. The summed E-state index contributed by atoms with van der Waals surface area (Å²) in [6.45, 7) is 6.21. The summed E-state index contributed by atoms with van der Waals surface area (Å²) in [6.07, 6.45) is -4.48. The number of nitrogens with zero attached hydrogens (tertiary/aromatic N) is 1. The Morgan fingerprint density at radius 2 is 1.82 bits per heavy atom. The van der Waals surface area contributed by atoms with E-state index in [1.54, 1.807) is 43.0 Å². The van der Waals surface area contributed by atoms with Crippen LogP contribution in [0.25, 0.3) is 0 Å². The summed E-state index contributed by atoms with van der Waals surface area (Å²) in [5, 5.41) is 6.31. The number of nitrogens with one attached hydrogen (secondary N) is 2. The Kier molecular flexibility index (Phi) is 7.61. The monoisotopic (exact) mass is 491 g/mol. The molecule has 1 heterocycles. The molecule has 0 saturated carbocycles. The van der Waals surface area contributed by atoms with E-state index in [1.807, 2.05) is 6.92 Å². The first-order chi connectivity index (χ1) is 16.1. The van der Waals surface area contributed by atoms with Crippen molar-refractivity contribution >= 4 is 34.9 Å². The number of allylic oxidation sites excluding steroid dienone is 1. The molecule has 0 spiro atoms. The first-order valence-corrected chi connectivity index (χ1v) is 11.0. The van der Waals surface area contributed by atoms with Crippen molar-refractivity contribution in [3.05, 3.63) is 76.5 Å². The molecule has 1 unspecified atom stereocenters. The van der Waals surface area contributed by atoms with Crippen LogP contribution in [0.15, 0.2) is 59.8 Å². The van der Waals surface area contributed by atoms with Crippen LogP contribution >= 0.6 is 12.2 Å². The molecule has 10 heteroatoms. The van der Waals surface area contributed by atoms with Gasteiger partial charge in [0.1, 0.15) is 0 Å². The van der Waals surface area contributed by atoms with Gasteiger partial charge in [0.2, 0.25) is 0 Å². The third-order valence-electron chi connectivity index (χ3n) is 5.36. The number of ether oxygens (including phenoxy) is 1. The molecule has 1 atom stereocenters. The van der Waals surface area contributed by atoms with Crippen molar-refractivity contribution in [1.82, 2.24) is 10.2 Å². The second kappa shape index (κ2) is 10.3. The average molecular weight is 492 g/mol. The number of hydrogen-bond donors (Lipinski definition) is 2. The van der Waals surface area contributed by atoms with Crippen LogP contribution in [0.1, 0.15) is 48.3 Å². The lowest BCUT2D eigenvalue weighted by Gasteiger charge is -2.37. The third-order valence-corrected chi connectivity index (χ3v) is 5.70. The maximum Gasteiger partial charge on any atom is 0.416 e. The molecule has 1 aliphatic rings. The lowest BCUT2D eigenvalue weighted by Crippen LogP contribution is -2.47. The zero-order valence-electron chi connectivity index (χ0n) is 18.8. The van der Waals surface area contributed by atoms with Gasteiger partial charge in [0.25, 0.3) is 5.91 Å². The fourth-order valence-corrected chi connectivity index (χ4v) is 4.08. The SMILES string of the molecule is CCOC(=O)C1=C(C)N(CC)C(=S)NC1c1cccc(NC(=O)c2ccc(C(F)(F)F)cc2)c1. The smallest absolute Gasteiger partial charge is 0.416 e. The van der Waals surface area contributed by atoms with Gasteiger partial charge >= 0.3 is 12.1 Å². The van der Waals surface area contributed by atoms with E-state index in [-0.39, 0.29) is 12.2 Å². The molecule has 0 fully saturated rings. The molecule has 0 aromatic heterocycles. The molecule has 0 aliphatic carbocycles. The fraction of sp³-hybridized carbons (Fsp3) is 0.292. The van der Waals surface area contributed by atoms with Crippen molar-refractivity contribution in [2.75, 3.05) is 18.5 Å². The van der Waals surface area contributed by atoms with Crippen molar-refractivity contribution < 1.29 is 27.5 Å². The number of benzene rings is 2. The number of halogens is 3. The van der Waals surface area contributed by atoms with Crippen molar-refractivity contribution in [2.24, 2.45) is 0 Å².